The third-order valence-electron chi connectivity index (χ3n) is 15.1. The zero-order valence-electron chi connectivity index (χ0n) is 44.3. The van der Waals surface area contributed by atoms with Gasteiger partial charge >= 0.3 is 0 Å². The summed E-state index contributed by atoms with van der Waals surface area (Å²) in [5, 5.41) is 20.4. The maximum absolute atomic E-state index is 14.2. The molecule has 402 valence electrons. The van der Waals surface area contributed by atoms with Crippen LogP contribution in [0, 0.1) is 17.8 Å². The molecular formula is C56H75N11O6S2. The van der Waals surface area contributed by atoms with Crippen LogP contribution >= 0.6 is 23.1 Å². The van der Waals surface area contributed by atoms with Crippen molar-refractivity contribution in [3.63, 3.8) is 0 Å². The molecule has 4 aliphatic rings. The number of amides is 5. The fourth-order valence-corrected chi connectivity index (χ4v) is 12.2. The number of aromatic nitrogens is 3. The van der Waals surface area contributed by atoms with Crippen LogP contribution in [0.15, 0.2) is 88.5 Å². The molecule has 8 rings (SSSR count). The number of hydrogen-bond acceptors (Lipinski definition) is 14. The molecule has 4 atom stereocenters. The van der Waals surface area contributed by atoms with E-state index in [1.807, 2.05) is 94.9 Å². The molecule has 4 saturated heterocycles. The van der Waals surface area contributed by atoms with Gasteiger partial charge in [0.2, 0.25) is 29.5 Å². The zero-order valence-corrected chi connectivity index (χ0v) is 46.0. The van der Waals surface area contributed by atoms with Gasteiger partial charge < -0.3 is 46.4 Å². The molecule has 4 aliphatic heterocycles. The standard InChI is InChI=1S/C56H75N11O6S2/c1-37(39-15-17-40(18-16-39)50-38(2)60-36-74-50)61-52(72)44-29-42(68)32-67(44)53(73)51(54(3,4)5)63-47(70)19-20-49(71)66-27-23-56(35-66)33-64(34-56)24-10-8-7-9-14-46(69)62-41-12-11-13-43(28-41)75-48-31-58-45(30-59-48)65-25-21-55(6,57)22-26-65/h11-13,15-20,28,30-31,36-37,42,44,51,68H,7-10,14,21-27,29,32-35,57H2,1-6H3,(H,61,72)(H,62,69)(H,63,70)/b20-19+/t37-,42+,44-,51?/m0/s1. The summed E-state index contributed by atoms with van der Waals surface area (Å²) in [5.41, 5.74) is 10.9. The van der Waals surface area contributed by atoms with Crippen LogP contribution in [-0.4, -0.2) is 140 Å². The van der Waals surface area contributed by atoms with Gasteiger partial charge in [0.05, 0.1) is 40.6 Å². The van der Waals surface area contributed by atoms with Crippen LogP contribution in [0.1, 0.15) is 110 Å². The molecule has 5 amide bonds. The van der Waals surface area contributed by atoms with Crippen LogP contribution in [0.5, 0.6) is 0 Å². The van der Waals surface area contributed by atoms with Gasteiger partial charge in [0.25, 0.3) is 0 Å². The molecule has 1 spiro atoms. The number of hydrogen-bond donors (Lipinski definition) is 5. The van der Waals surface area contributed by atoms with Gasteiger partial charge in [0.15, 0.2) is 0 Å². The van der Waals surface area contributed by atoms with E-state index in [9.17, 15) is 29.1 Å². The predicted octanol–water partition coefficient (Wildman–Crippen LogP) is 6.73. The van der Waals surface area contributed by atoms with Crippen LogP contribution in [-0.2, 0) is 24.0 Å². The van der Waals surface area contributed by atoms with Crippen molar-refractivity contribution in [2.45, 2.75) is 139 Å². The Bertz CT molecular complexity index is 2670. The molecule has 2 aromatic carbocycles. The fraction of sp³-hybridized carbons (Fsp3) is 0.536. The fourth-order valence-electron chi connectivity index (χ4n) is 10.6. The number of piperidine rings is 1. The van der Waals surface area contributed by atoms with Crippen molar-refractivity contribution in [2.75, 3.05) is 62.6 Å². The first-order valence-corrected chi connectivity index (χ1v) is 28.2. The van der Waals surface area contributed by atoms with Crippen LogP contribution < -0.4 is 26.6 Å². The second-order valence-electron chi connectivity index (χ2n) is 22.6. The van der Waals surface area contributed by atoms with E-state index in [0.29, 0.717) is 19.5 Å². The quantitative estimate of drug-likeness (QED) is 0.0487. The van der Waals surface area contributed by atoms with E-state index in [2.05, 4.69) is 47.6 Å². The summed E-state index contributed by atoms with van der Waals surface area (Å²) in [4.78, 5) is 90.9. The van der Waals surface area contributed by atoms with Crippen molar-refractivity contribution in [2.24, 2.45) is 16.6 Å². The maximum Gasteiger partial charge on any atom is 0.246 e. The number of rotatable bonds is 19. The number of aryl methyl sites for hydroxylation is 1. The van der Waals surface area contributed by atoms with E-state index in [1.54, 1.807) is 22.4 Å². The highest BCUT2D eigenvalue weighted by molar-refractivity contribution is 7.99. The number of carbonyl (C=O) groups is 5. The number of β-amino-alcohol motifs (C(OH)–C–C–N with tert-alkyl or cyclic N) is 1. The van der Waals surface area contributed by atoms with Crippen molar-refractivity contribution in [1.82, 2.24) is 40.3 Å². The molecule has 0 bridgehead atoms. The molecule has 4 aromatic rings. The smallest absolute Gasteiger partial charge is 0.246 e. The average Bonchev–Trinajstić information content (AvgIpc) is 4.13. The van der Waals surface area contributed by atoms with Gasteiger partial charge in [0, 0.05) is 92.3 Å². The van der Waals surface area contributed by atoms with Gasteiger partial charge in [-0.2, -0.15) is 0 Å². The lowest BCUT2D eigenvalue weighted by molar-refractivity contribution is -0.143. The van der Waals surface area contributed by atoms with E-state index >= 15 is 0 Å². The Morgan fingerprint density at radius 2 is 1.67 bits per heavy atom. The van der Waals surface area contributed by atoms with Crippen LogP contribution in [0.2, 0.25) is 0 Å². The molecule has 2 aromatic heterocycles. The molecular weight excluding hydrogens is 987 g/mol. The second kappa shape index (κ2) is 24.1. The van der Waals surface area contributed by atoms with Gasteiger partial charge in [-0.1, -0.05) is 75.7 Å². The number of carbonyl (C=O) groups excluding carboxylic acids is 5. The molecule has 4 fully saturated rings. The number of likely N-dealkylation sites (tertiary alicyclic amines) is 3. The lowest BCUT2D eigenvalue weighted by Gasteiger charge is -2.48. The molecule has 0 radical (unpaired) electrons. The third kappa shape index (κ3) is 14.6. The largest absolute Gasteiger partial charge is 0.391 e. The molecule has 75 heavy (non-hydrogen) atoms. The summed E-state index contributed by atoms with van der Waals surface area (Å²) in [6, 6.07) is 13.4. The van der Waals surface area contributed by atoms with Crippen LogP contribution in [0.3, 0.4) is 0 Å². The van der Waals surface area contributed by atoms with Gasteiger partial charge in [-0.3, -0.25) is 24.0 Å². The second-order valence-corrected chi connectivity index (χ2v) is 24.5. The highest BCUT2D eigenvalue weighted by Gasteiger charge is 2.48. The van der Waals surface area contributed by atoms with Crippen LogP contribution in [0.25, 0.3) is 10.4 Å². The number of nitrogens with zero attached hydrogens (tertiary/aromatic N) is 7. The summed E-state index contributed by atoms with van der Waals surface area (Å²) < 4.78 is 0. The van der Waals surface area contributed by atoms with E-state index in [4.69, 9.17) is 5.73 Å². The van der Waals surface area contributed by atoms with Crippen molar-refractivity contribution in [3.05, 3.63) is 89.8 Å². The normalized spacial score (nSPS) is 20.2. The number of benzene rings is 2. The minimum Gasteiger partial charge on any atom is -0.391 e. The Balaban J connectivity index is 0.710. The van der Waals surface area contributed by atoms with Crippen molar-refractivity contribution < 1.29 is 29.1 Å². The number of thiazole rings is 1. The Morgan fingerprint density at radius 3 is 2.36 bits per heavy atom. The van der Waals surface area contributed by atoms with Crippen molar-refractivity contribution >= 4 is 64.1 Å². The Kier molecular flexibility index (Phi) is 17.8. The van der Waals surface area contributed by atoms with E-state index < -0.39 is 35.4 Å². The first-order valence-electron chi connectivity index (χ1n) is 26.5. The van der Waals surface area contributed by atoms with E-state index in [0.717, 1.165) is 121 Å². The van der Waals surface area contributed by atoms with Gasteiger partial charge in [-0.05, 0) is 94.2 Å². The summed E-state index contributed by atoms with van der Waals surface area (Å²) in [6.45, 7) is 17.2. The molecule has 0 aliphatic carbocycles. The number of nitrogens with one attached hydrogen (secondary N) is 3. The number of aliphatic hydroxyl groups excluding tert-OH is 1. The maximum atomic E-state index is 14.2. The monoisotopic (exact) mass is 1060 g/mol. The van der Waals surface area contributed by atoms with Gasteiger partial charge in [0.1, 0.15) is 22.9 Å². The predicted molar refractivity (Wildman–Crippen MR) is 294 cm³/mol. The average molecular weight is 1060 g/mol. The summed E-state index contributed by atoms with van der Waals surface area (Å²) in [5.74, 6) is -0.824. The molecule has 6 heterocycles. The Morgan fingerprint density at radius 1 is 0.920 bits per heavy atom. The highest BCUT2D eigenvalue weighted by atomic mass is 32.2. The molecule has 6 N–H and O–H groups in total. The zero-order chi connectivity index (χ0) is 53.5. The van der Waals surface area contributed by atoms with E-state index in [-0.39, 0.29) is 47.7 Å². The lowest BCUT2D eigenvalue weighted by Crippen LogP contribution is -2.57. The number of nitrogens with two attached hydrogens (primary N) is 1. The van der Waals surface area contributed by atoms with Gasteiger partial charge in [-0.25, -0.2) is 15.0 Å². The van der Waals surface area contributed by atoms with Crippen LogP contribution in [0.4, 0.5) is 11.5 Å². The molecule has 1 unspecified atom stereocenters. The molecule has 19 heteroatoms. The minimum absolute atomic E-state index is 0.00325. The minimum atomic E-state index is -1.03. The lowest BCUT2D eigenvalue weighted by atomic mass is 9.79. The Labute approximate surface area is 449 Å². The topological polar surface area (TPSA) is 219 Å². The van der Waals surface area contributed by atoms with Gasteiger partial charge in [-0.15, -0.1) is 11.3 Å². The third-order valence-corrected chi connectivity index (χ3v) is 17.0. The van der Waals surface area contributed by atoms with Crippen molar-refractivity contribution in [3.8, 4) is 10.4 Å². The SMILES string of the molecule is Cc1ncsc1-c1ccc([C@H](C)NC(=O)[C@@H]2C[C@@H](O)CN2C(=O)C(NC(=O)/C=C/C(=O)N2CCC3(CN(CCCCCCC(=O)Nc4cccc(Sc5cnc(N6CCC(C)(N)CC6)cn5)c4)C3)C2)C(C)(C)C)cc1. The first-order chi connectivity index (χ1) is 35.7. The van der Waals surface area contributed by atoms with E-state index in [1.165, 1.54) is 28.8 Å². The number of anilines is 2. The number of aliphatic hydroxyl groups is 1. The first kappa shape index (κ1) is 55.5. The summed E-state index contributed by atoms with van der Waals surface area (Å²) >= 11 is 3.08. The molecule has 0 saturated carbocycles. The summed E-state index contributed by atoms with van der Waals surface area (Å²) in [6.07, 6.45) is 12.3. The summed E-state index contributed by atoms with van der Waals surface area (Å²) in [7, 11) is 0. The number of unbranched alkanes of at least 4 members (excludes halogenated alkanes) is 3. The molecule has 17 nitrogen and oxygen atoms in total. The Hall–Kier alpha value is -5.73. The highest BCUT2D eigenvalue weighted by Crippen LogP contribution is 2.40. The van der Waals surface area contributed by atoms with Crippen molar-refractivity contribution in [1.29, 1.82) is 0 Å².